The van der Waals surface area contributed by atoms with Crippen molar-refractivity contribution in [2.45, 2.75) is 6.54 Å². The van der Waals surface area contributed by atoms with Crippen LogP contribution in [-0.2, 0) is 16.4 Å². The molecule has 1 saturated heterocycles. The maximum absolute atomic E-state index is 11.2. The summed E-state index contributed by atoms with van der Waals surface area (Å²) in [5.41, 5.74) is 6.45. The van der Waals surface area contributed by atoms with Crippen molar-refractivity contribution in [2.24, 2.45) is 0 Å². The lowest BCUT2D eigenvalue weighted by Crippen LogP contribution is -2.39. The minimum atomic E-state index is -2.79. The molecule has 1 aliphatic heterocycles. The molecule has 0 radical (unpaired) electrons. The number of hydrogen-bond donors (Lipinski definition) is 1. The first-order chi connectivity index (χ1) is 7.05. The van der Waals surface area contributed by atoms with Crippen molar-refractivity contribution in [3.63, 3.8) is 0 Å². The fraction of sp³-hybridized carbons (Fsp3) is 0.625. The molecule has 84 valence electrons. The Hall–Kier alpha value is -0.660. The maximum atomic E-state index is 11.2. The molecule has 2 N–H and O–H groups in total. The van der Waals surface area contributed by atoms with Gasteiger partial charge in [-0.05, 0) is 0 Å². The van der Waals surface area contributed by atoms with Crippen LogP contribution in [0.1, 0.15) is 5.69 Å². The summed E-state index contributed by atoms with van der Waals surface area (Å²) in [6, 6.07) is 0. The summed E-state index contributed by atoms with van der Waals surface area (Å²) in [6.07, 6.45) is 0. The third kappa shape index (κ3) is 2.90. The molecule has 0 spiro atoms. The van der Waals surface area contributed by atoms with E-state index in [0.717, 1.165) is 5.69 Å². The van der Waals surface area contributed by atoms with E-state index in [1.807, 2.05) is 5.38 Å². The van der Waals surface area contributed by atoms with E-state index in [9.17, 15) is 8.42 Å². The normalized spacial score (nSPS) is 21.6. The van der Waals surface area contributed by atoms with Gasteiger partial charge in [0.25, 0.3) is 0 Å². The second kappa shape index (κ2) is 4.07. The molecule has 1 aliphatic rings. The molecule has 0 amide bonds. The first-order valence-electron chi connectivity index (χ1n) is 4.68. The van der Waals surface area contributed by atoms with Crippen LogP contribution in [0.4, 0.5) is 5.13 Å². The van der Waals surface area contributed by atoms with Crippen molar-refractivity contribution in [3.8, 4) is 0 Å². The number of thiazole rings is 1. The lowest BCUT2D eigenvalue weighted by Gasteiger charge is -2.25. The molecule has 5 nitrogen and oxygen atoms in total. The zero-order valence-electron chi connectivity index (χ0n) is 8.22. The number of nitrogens with zero attached hydrogens (tertiary/aromatic N) is 2. The highest BCUT2D eigenvalue weighted by molar-refractivity contribution is 7.91. The molecule has 0 aliphatic carbocycles. The van der Waals surface area contributed by atoms with Crippen LogP contribution in [0.25, 0.3) is 0 Å². The second-order valence-electron chi connectivity index (χ2n) is 3.61. The van der Waals surface area contributed by atoms with Gasteiger partial charge in [-0.1, -0.05) is 0 Å². The van der Waals surface area contributed by atoms with Gasteiger partial charge in [-0.2, -0.15) is 0 Å². The largest absolute Gasteiger partial charge is 0.375 e. The van der Waals surface area contributed by atoms with Crippen LogP contribution in [0.5, 0.6) is 0 Å². The van der Waals surface area contributed by atoms with Gasteiger partial charge in [0, 0.05) is 25.0 Å². The van der Waals surface area contributed by atoms with E-state index >= 15 is 0 Å². The van der Waals surface area contributed by atoms with Crippen molar-refractivity contribution in [3.05, 3.63) is 11.1 Å². The van der Waals surface area contributed by atoms with Crippen LogP contribution in [-0.4, -0.2) is 42.9 Å². The number of anilines is 1. The molecule has 15 heavy (non-hydrogen) atoms. The van der Waals surface area contributed by atoms with Crippen LogP contribution < -0.4 is 5.73 Å². The molecule has 0 unspecified atom stereocenters. The Morgan fingerprint density at radius 1 is 1.47 bits per heavy atom. The van der Waals surface area contributed by atoms with Crippen LogP contribution >= 0.6 is 11.3 Å². The van der Waals surface area contributed by atoms with Crippen molar-refractivity contribution >= 4 is 26.3 Å². The zero-order chi connectivity index (χ0) is 10.9. The van der Waals surface area contributed by atoms with E-state index < -0.39 is 9.84 Å². The summed E-state index contributed by atoms with van der Waals surface area (Å²) in [5.74, 6) is 0.513. The fourth-order valence-corrected chi connectivity index (χ4v) is 3.36. The molecule has 0 atom stereocenters. The average molecular weight is 247 g/mol. The number of nitrogens with two attached hydrogens (primary N) is 1. The maximum Gasteiger partial charge on any atom is 0.180 e. The van der Waals surface area contributed by atoms with Gasteiger partial charge in [-0.3, -0.25) is 4.90 Å². The quantitative estimate of drug-likeness (QED) is 0.793. The van der Waals surface area contributed by atoms with E-state index in [0.29, 0.717) is 24.8 Å². The Kier molecular flexibility index (Phi) is 2.94. The molecule has 7 heteroatoms. The molecule has 2 heterocycles. The Labute approximate surface area is 92.8 Å². The van der Waals surface area contributed by atoms with Crippen molar-refractivity contribution in [2.75, 3.05) is 30.3 Å². The summed E-state index contributed by atoms with van der Waals surface area (Å²) in [4.78, 5) is 6.24. The van der Waals surface area contributed by atoms with Gasteiger partial charge in [0.05, 0.1) is 17.2 Å². The molecule has 2 rings (SSSR count). The summed E-state index contributed by atoms with van der Waals surface area (Å²) < 4.78 is 22.4. The minimum Gasteiger partial charge on any atom is -0.375 e. The fourth-order valence-electron chi connectivity index (χ4n) is 1.53. The van der Waals surface area contributed by atoms with Gasteiger partial charge < -0.3 is 5.73 Å². The van der Waals surface area contributed by atoms with Crippen LogP contribution in [0, 0.1) is 0 Å². The zero-order valence-corrected chi connectivity index (χ0v) is 9.85. The number of hydrogen-bond acceptors (Lipinski definition) is 6. The van der Waals surface area contributed by atoms with Crippen LogP contribution in [0.3, 0.4) is 0 Å². The first-order valence-corrected chi connectivity index (χ1v) is 7.38. The highest BCUT2D eigenvalue weighted by Gasteiger charge is 2.21. The number of aromatic nitrogens is 1. The van der Waals surface area contributed by atoms with E-state index in [4.69, 9.17) is 5.73 Å². The smallest absolute Gasteiger partial charge is 0.180 e. The van der Waals surface area contributed by atoms with Gasteiger partial charge in [-0.25, -0.2) is 13.4 Å². The summed E-state index contributed by atoms with van der Waals surface area (Å²) >= 11 is 1.41. The monoisotopic (exact) mass is 247 g/mol. The van der Waals surface area contributed by atoms with E-state index in [1.165, 1.54) is 11.3 Å². The SMILES string of the molecule is Nc1nc(CN2CCS(=O)(=O)CC2)cs1. The second-order valence-corrected chi connectivity index (χ2v) is 6.80. The van der Waals surface area contributed by atoms with Crippen LogP contribution in [0.15, 0.2) is 5.38 Å². The standard InChI is InChI=1S/C8H13N3O2S2/c9-8-10-7(6-14-8)5-11-1-3-15(12,13)4-2-11/h6H,1-5H2,(H2,9,10). The lowest BCUT2D eigenvalue weighted by molar-refractivity contribution is 0.285. The lowest BCUT2D eigenvalue weighted by atomic mass is 10.4. The van der Waals surface area contributed by atoms with Gasteiger partial charge in [0.1, 0.15) is 0 Å². The molecule has 0 bridgehead atoms. The topological polar surface area (TPSA) is 76.3 Å². The van der Waals surface area contributed by atoms with Crippen molar-refractivity contribution in [1.29, 1.82) is 0 Å². The molecule has 1 aromatic heterocycles. The van der Waals surface area contributed by atoms with Crippen molar-refractivity contribution < 1.29 is 8.42 Å². The molecule has 1 fully saturated rings. The first kappa shape index (κ1) is 10.8. The van der Waals surface area contributed by atoms with Gasteiger partial charge >= 0.3 is 0 Å². The van der Waals surface area contributed by atoms with Crippen molar-refractivity contribution in [1.82, 2.24) is 9.88 Å². The molecular weight excluding hydrogens is 234 g/mol. The van der Waals surface area contributed by atoms with Gasteiger partial charge in [-0.15, -0.1) is 11.3 Å². The summed E-state index contributed by atoms with van der Waals surface area (Å²) in [5, 5.41) is 2.48. The van der Waals surface area contributed by atoms with Crippen LogP contribution in [0.2, 0.25) is 0 Å². The Morgan fingerprint density at radius 2 is 2.13 bits per heavy atom. The number of nitrogen functional groups attached to an aromatic ring is 1. The number of rotatable bonds is 2. The van der Waals surface area contributed by atoms with Gasteiger partial charge in [0.2, 0.25) is 0 Å². The van der Waals surface area contributed by atoms with E-state index in [1.54, 1.807) is 0 Å². The van der Waals surface area contributed by atoms with Gasteiger partial charge in [0.15, 0.2) is 15.0 Å². The predicted octanol–water partition coefficient (Wildman–Crippen LogP) is -0.0443. The molecule has 1 aromatic rings. The van der Waals surface area contributed by atoms with E-state index in [2.05, 4.69) is 9.88 Å². The summed E-state index contributed by atoms with van der Waals surface area (Å²) in [6.45, 7) is 1.89. The predicted molar refractivity (Wildman–Crippen MR) is 60.5 cm³/mol. The third-order valence-electron chi connectivity index (χ3n) is 2.39. The average Bonchev–Trinajstić information content (AvgIpc) is 2.55. The number of sulfone groups is 1. The van der Waals surface area contributed by atoms with E-state index in [-0.39, 0.29) is 11.5 Å². The highest BCUT2D eigenvalue weighted by atomic mass is 32.2. The minimum absolute atomic E-state index is 0.257. The molecule has 0 aromatic carbocycles. The summed E-state index contributed by atoms with van der Waals surface area (Å²) in [7, 11) is -2.79. The Bertz CT molecular complexity index is 426. The molecular formula is C8H13N3O2S2. The highest BCUT2D eigenvalue weighted by Crippen LogP contribution is 2.14. The third-order valence-corrected chi connectivity index (χ3v) is 4.72. The molecule has 0 saturated carbocycles. The Balaban J connectivity index is 1.92. The Morgan fingerprint density at radius 3 is 2.67 bits per heavy atom.